The van der Waals surface area contributed by atoms with E-state index in [4.69, 9.17) is 10.5 Å². The van der Waals surface area contributed by atoms with Crippen LogP contribution in [0.15, 0.2) is 24.3 Å². The fourth-order valence-corrected chi connectivity index (χ4v) is 2.09. The van der Waals surface area contributed by atoms with Gasteiger partial charge in [0.2, 0.25) is 11.8 Å². The Labute approximate surface area is 137 Å². The number of hydrogen-bond acceptors (Lipinski definition) is 5. The van der Waals surface area contributed by atoms with Gasteiger partial charge in [0.15, 0.2) is 0 Å². The molecule has 2 amide bonds. The summed E-state index contributed by atoms with van der Waals surface area (Å²) >= 11 is 0. The van der Waals surface area contributed by atoms with E-state index in [1.54, 1.807) is 0 Å². The molecule has 0 bridgehead atoms. The Morgan fingerprint density at radius 1 is 1.26 bits per heavy atom. The number of rotatable bonds is 10. The van der Waals surface area contributed by atoms with Gasteiger partial charge in [-0.3, -0.25) is 9.59 Å². The van der Waals surface area contributed by atoms with Crippen molar-refractivity contribution < 1.29 is 14.3 Å². The third kappa shape index (κ3) is 7.73. The molecule has 7 nitrogen and oxygen atoms in total. The predicted molar refractivity (Wildman–Crippen MR) is 88.5 cm³/mol. The van der Waals surface area contributed by atoms with Gasteiger partial charge in [-0.2, -0.15) is 0 Å². The summed E-state index contributed by atoms with van der Waals surface area (Å²) in [5.74, 6) is -0.538. The maximum Gasteiger partial charge on any atom is 0.245 e. The van der Waals surface area contributed by atoms with Crippen molar-refractivity contribution in [3.63, 3.8) is 0 Å². The van der Waals surface area contributed by atoms with Crippen LogP contribution in [0.3, 0.4) is 0 Å². The van der Waals surface area contributed by atoms with Gasteiger partial charge in [-0.1, -0.05) is 24.3 Å². The van der Waals surface area contributed by atoms with E-state index >= 15 is 0 Å². The second kappa shape index (κ2) is 10.7. The van der Waals surface area contributed by atoms with Crippen LogP contribution in [-0.2, 0) is 27.4 Å². The molecule has 1 aromatic rings. The van der Waals surface area contributed by atoms with Gasteiger partial charge in [-0.25, -0.2) is 0 Å². The van der Waals surface area contributed by atoms with Crippen LogP contribution in [0.5, 0.6) is 0 Å². The van der Waals surface area contributed by atoms with Gasteiger partial charge in [0.25, 0.3) is 0 Å². The van der Waals surface area contributed by atoms with E-state index in [0.717, 1.165) is 24.2 Å². The highest BCUT2D eigenvalue weighted by Gasteiger charge is 2.18. The first kappa shape index (κ1) is 19.1. The number of nitrogens with two attached hydrogens (primary N) is 1. The van der Waals surface area contributed by atoms with Gasteiger partial charge in [0, 0.05) is 40.2 Å². The quantitative estimate of drug-likeness (QED) is 0.435. The average Bonchev–Trinajstić information content (AvgIpc) is 2.52. The zero-order valence-corrected chi connectivity index (χ0v) is 13.7. The molecule has 0 aliphatic rings. The number of carbonyl (C=O) groups excluding carboxylic acids is 2. The summed E-state index contributed by atoms with van der Waals surface area (Å²) < 4.78 is 4.96. The molecular formula is C16H26N4O3. The van der Waals surface area contributed by atoms with E-state index in [-0.39, 0.29) is 18.4 Å². The minimum absolute atomic E-state index is 0.133. The predicted octanol–water partition coefficient (Wildman–Crippen LogP) is -0.498. The van der Waals surface area contributed by atoms with Crippen molar-refractivity contribution >= 4 is 11.8 Å². The number of hydrogen-bond donors (Lipinski definition) is 4. The van der Waals surface area contributed by atoms with Crippen molar-refractivity contribution in [2.24, 2.45) is 5.73 Å². The molecule has 0 fully saturated rings. The largest absolute Gasteiger partial charge is 0.382 e. The van der Waals surface area contributed by atoms with Gasteiger partial charge >= 0.3 is 0 Å². The van der Waals surface area contributed by atoms with Crippen LogP contribution in [0, 0.1) is 0 Å². The molecule has 1 atom stereocenters. The highest BCUT2D eigenvalue weighted by Crippen LogP contribution is 2.05. The van der Waals surface area contributed by atoms with E-state index < -0.39 is 6.04 Å². The number of ether oxygens (including phenoxy) is 1. The number of nitrogens with one attached hydrogen (secondary N) is 3. The molecule has 128 valence electrons. The van der Waals surface area contributed by atoms with Crippen molar-refractivity contribution in [3.05, 3.63) is 35.4 Å². The molecule has 0 aliphatic heterocycles. The van der Waals surface area contributed by atoms with E-state index in [2.05, 4.69) is 16.0 Å². The SMILES string of the molecule is COC[C@@H](NC(C)=O)C(=O)NCc1cccc(CNCCN)c1. The summed E-state index contributed by atoms with van der Waals surface area (Å²) in [6.45, 7) is 3.99. The maximum absolute atomic E-state index is 12.1. The van der Waals surface area contributed by atoms with Gasteiger partial charge in [0.05, 0.1) is 6.61 Å². The van der Waals surface area contributed by atoms with Gasteiger partial charge in [-0.05, 0) is 11.1 Å². The second-order valence-corrected chi connectivity index (χ2v) is 5.21. The van der Waals surface area contributed by atoms with Crippen molar-refractivity contribution in [2.45, 2.75) is 26.1 Å². The molecule has 0 aromatic heterocycles. The van der Waals surface area contributed by atoms with Crippen LogP contribution in [0.1, 0.15) is 18.1 Å². The molecule has 0 saturated carbocycles. The van der Waals surface area contributed by atoms with Crippen molar-refractivity contribution in [2.75, 3.05) is 26.8 Å². The topological polar surface area (TPSA) is 105 Å². The lowest BCUT2D eigenvalue weighted by molar-refractivity contribution is -0.129. The Kier molecular flexibility index (Phi) is 8.89. The molecule has 1 aromatic carbocycles. The third-order valence-electron chi connectivity index (χ3n) is 3.14. The monoisotopic (exact) mass is 322 g/mol. The molecule has 0 heterocycles. The van der Waals surface area contributed by atoms with Gasteiger partial charge in [-0.15, -0.1) is 0 Å². The highest BCUT2D eigenvalue weighted by molar-refractivity contribution is 5.86. The fraction of sp³-hybridized carbons (Fsp3) is 0.500. The molecule has 0 saturated heterocycles. The molecule has 5 N–H and O–H groups in total. The lowest BCUT2D eigenvalue weighted by atomic mass is 10.1. The smallest absolute Gasteiger partial charge is 0.245 e. The normalized spacial score (nSPS) is 11.8. The molecule has 7 heteroatoms. The van der Waals surface area contributed by atoms with Crippen LogP contribution in [0.2, 0.25) is 0 Å². The summed E-state index contributed by atoms with van der Waals surface area (Å²) in [7, 11) is 1.49. The Morgan fingerprint density at radius 3 is 2.57 bits per heavy atom. The van der Waals surface area contributed by atoms with E-state index in [0.29, 0.717) is 13.1 Å². The Bertz CT molecular complexity index is 508. The molecule has 0 spiro atoms. The van der Waals surface area contributed by atoms with Crippen molar-refractivity contribution in [3.8, 4) is 0 Å². The first-order valence-corrected chi connectivity index (χ1v) is 7.59. The van der Waals surface area contributed by atoms with E-state index in [1.807, 2.05) is 24.3 Å². The van der Waals surface area contributed by atoms with Crippen molar-refractivity contribution in [1.29, 1.82) is 0 Å². The molecule has 0 aliphatic carbocycles. The summed E-state index contributed by atoms with van der Waals surface area (Å²) in [6.07, 6.45) is 0. The minimum Gasteiger partial charge on any atom is -0.382 e. The number of amides is 2. The zero-order chi connectivity index (χ0) is 17.1. The lowest BCUT2D eigenvalue weighted by Gasteiger charge is -2.17. The lowest BCUT2D eigenvalue weighted by Crippen LogP contribution is -2.48. The maximum atomic E-state index is 12.1. The van der Waals surface area contributed by atoms with Crippen LogP contribution in [0.4, 0.5) is 0 Å². The molecular weight excluding hydrogens is 296 g/mol. The highest BCUT2D eigenvalue weighted by atomic mass is 16.5. The third-order valence-corrected chi connectivity index (χ3v) is 3.14. The number of benzene rings is 1. The van der Waals surface area contributed by atoms with Crippen LogP contribution < -0.4 is 21.7 Å². The Morgan fingerprint density at radius 2 is 1.96 bits per heavy atom. The summed E-state index contributed by atoms with van der Waals surface area (Å²) in [5, 5.41) is 8.60. The standard InChI is InChI=1S/C16H26N4O3/c1-12(21)20-15(11-23-2)16(22)19-10-14-5-3-4-13(8-14)9-18-7-6-17/h3-5,8,15,18H,6-7,9-11,17H2,1-2H3,(H,19,22)(H,20,21)/t15-/m1/s1. The summed E-state index contributed by atoms with van der Waals surface area (Å²) in [5.41, 5.74) is 7.56. The van der Waals surface area contributed by atoms with E-state index in [9.17, 15) is 9.59 Å². The zero-order valence-electron chi connectivity index (χ0n) is 13.7. The first-order valence-electron chi connectivity index (χ1n) is 7.59. The Balaban J connectivity index is 2.53. The van der Waals surface area contributed by atoms with Crippen LogP contribution >= 0.6 is 0 Å². The molecule has 0 unspecified atom stereocenters. The van der Waals surface area contributed by atoms with Crippen molar-refractivity contribution in [1.82, 2.24) is 16.0 Å². The second-order valence-electron chi connectivity index (χ2n) is 5.21. The molecule has 0 radical (unpaired) electrons. The average molecular weight is 322 g/mol. The van der Waals surface area contributed by atoms with Crippen LogP contribution in [0.25, 0.3) is 0 Å². The first-order chi connectivity index (χ1) is 11.1. The van der Waals surface area contributed by atoms with Crippen LogP contribution in [-0.4, -0.2) is 44.7 Å². The number of carbonyl (C=O) groups is 2. The Hall–Kier alpha value is -1.96. The summed E-state index contributed by atoms with van der Waals surface area (Å²) in [4.78, 5) is 23.2. The van der Waals surface area contributed by atoms with E-state index in [1.165, 1.54) is 14.0 Å². The molecule has 23 heavy (non-hydrogen) atoms. The van der Waals surface area contributed by atoms with Gasteiger partial charge < -0.3 is 26.4 Å². The number of methoxy groups -OCH3 is 1. The van der Waals surface area contributed by atoms with Gasteiger partial charge in [0.1, 0.15) is 6.04 Å². The minimum atomic E-state index is -0.688. The molecule has 1 rings (SSSR count). The fourth-order valence-electron chi connectivity index (χ4n) is 2.09. The summed E-state index contributed by atoms with van der Waals surface area (Å²) in [6, 6.07) is 7.23.